The molecule has 0 N–H and O–H groups in total. The molecule has 0 amide bonds. The Hall–Kier alpha value is 0.170. The van der Waals surface area contributed by atoms with Crippen molar-refractivity contribution in [3.8, 4) is 0 Å². The zero-order valence-corrected chi connectivity index (χ0v) is 8.99. The topological polar surface area (TPSA) is 0 Å². The van der Waals surface area contributed by atoms with Gasteiger partial charge in [0.25, 0.3) is 0 Å². The number of hydrogen-bond donors (Lipinski definition) is 0. The summed E-state index contributed by atoms with van der Waals surface area (Å²) in [6.45, 7) is 2.12. The Morgan fingerprint density at radius 2 is 2.27 bits per heavy atom. The Kier molecular flexibility index (Phi) is 3.59. The van der Waals surface area contributed by atoms with Crippen molar-refractivity contribution in [2.24, 2.45) is 0 Å². The summed E-state index contributed by atoms with van der Waals surface area (Å²) in [5.74, 6) is -0.251. The minimum absolute atomic E-state index is 0.00320. The fourth-order valence-electron chi connectivity index (χ4n) is 0.723. The molecule has 0 bridgehead atoms. The van der Waals surface area contributed by atoms with Gasteiger partial charge in [-0.3, -0.25) is 0 Å². The molecule has 0 spiro atoms. The van der Waals surface area contributed by atoms with Crippen LogP contribution in [0.2, 0.25) is 5.02 Å². The second-order valence-electron chi connectivity index (χ2n) is 1.96. The van der Waals surface area contributed by atoms with E-state index in [1.165, 1.54) is 12.1 Å². The van der Waals surface area contributed by atoms with E-state index in [9.17, 15) is 4.39 Å². The van der Waals surface area contributed by atoms with E-state index < -0.39 is 0 Å². The Morgan fingerprint density at radius 3 is 2.82 bits per heavy atom. The van der Waals surface area contributed by atoms with Gasteiger partial charge in [0.05, 0.1) is 0 Å². The molecule has 0 unspecified atom stereocenters. The third-order valence-electron chi connectivity index (χ3n) is 1.16. The van der Waals surface area contributed by atoms with Gasteiger partial charge in [-0.05, 0) is 0 Å². The van der Waals surface area contributed by atoms with E-state index >= 15 is 0 Å². The van der Waals surface area contributed by atoms with Crippen LogP contribution in [-0.4, -0.2) is 4.43 Å². The van der Waals surface area contributed by atoms with Crippen LogP contribution >= 0.6 is 11.6 Å². The molecule has 1 aromatic rings. The predicted molar refractivity (Wildman–Crippen MR) is 40.6 cm³/mol. The first kappa shape index (κ1) is 9.26. The van der Waals surface area contributed by atoms with Gasteiger partial charge in [0, 0.05) is 0 Å². The van der Waals surface area contributed by atoms with Gasteiger partial charge >= 0.3 is 81.2 Å². The van der Waals surface area contributed by atoms with Crippen molar-refractivity contribution in [1.29, 1.82) is 0 Å². The van der Waals surface area contributed by atoms with Crippen LogP contribution in [0.4, 0.5) is 4.39 Å². The Balaban J connectivity index is 2.90. The number of alkyl halides is 1. The molecule has 0 aromatic heterocycles. The van der Waals surface area contributed by atoms with E-state index in [-0.39, 0.29) is 27.0 Å². The van der Waals surface area contributed by atoms with Gasteiger partial charge in [-0.2, -0.15) is 0 Å². The van der Waals surface area contributed by atoms with Gasteiger partial charge in [-0.15, -0.1) is 0 Å². The van der Waals surface area contributed by atoms with Crippen LogP contribution in [0.15, 0.2) is 18.2 Å². The van der Waals surface area contributed by atoms with E-state index in [1.54, 1.807) is 6.07 Å². The van der Waals surface area contributed by atoms with Crippen LogP contribution < -0.4 is 21.2 Å². The summed E-state index contributed by atoms with van der Waals surface area (Å²) in [6, 6.07) is 4.64. The fourth-order valence-corrected chi connectivity index (χ4v) is 3.00. The minimum atomic E-state index is -0.251. The van der Waals surface area contributed by atoms with Crippen LogP contribution in [0.25, 0.3) is 0 Å². The molecule has 0 radical (unpaired) electrons. The molecule has 1 aromatic carbocycles. The third kappa shape index (κ3) is 2.60. The van der Waals surface area contributed by atoms with Crippen LogP contribution in [0.3, 0.4) is 0 Å². The summed E-state index contributed by atoms with van der Waals surface area (Å²) in [4.78, 5) is 0. The summed E-state index contributed by atoms with van der Waals surface area (Å²) in [5.41, 5.74) is 0. The monoisotopic (exact) mass is 285 g/mol. The normalized spacial score (nSPS) is 10.5. The third-order valence-corrected chi connectivity index (χ3v) is 4.32. The molecule has 0 fully saturated rings. The molecule has 0 aliphatic heterocycles. The van der Waals surface area contributed by atoms with Crippen LogP contribution in [0.5, 0.6) is 0 Å². The summed E-state index contributed by atoms with van der Waals surface area (Å²) in [7, 11) is 0. The van der Waals surface area contributed by atoms with Crippen molar-refractivity contribution >= 4 is 11.6 Å². The molecule has 0 heterocycles. The summed E-state index contributed by atoms with van der Waals surface area (Å²) >= 11 is 5.79. The van der Waals surface area contributed by atoms with E-state index in [0.29, 0.717) is 5.02 Å². The molecule has 1 rings (SSSR count). The Labute approximate surface area is 81.0 Å². The van der Waals surface area contributed by atoms with Gasteiger partial charge < -0.3 is 0 Å². The zero-order chi connectivity index (χ0) is 8.27. The number of halogens is 3. The Morgan fingerprint density at radius 1 is 1.55 bits per heavy atom. The Bertz CT molecular complexity index is 250. The standard InChI is InChI=1S/C8H8ClFI/c1-2-11-8-4-3-6(10)5-7(8)9/h3-5H,2H2,1H3/q-1. The average molecular weight is 286 g/mol. The molecule has 0 aliphatic carbocycles. The van der Waals surface area contributed by atoms with Gasteiger partial charge in [-0.25, -0.2) is 0 Å². The van der Waals surface area contributed by atoms with Crippen LogP contribution in [0, 0.1) is 9.39 Å². The van der Waals surface area contributed by atoms with Crippen molar-refractivity contribution < 1.29 is 25.6 Å². The van der Waals surface area contributed by atoms with Gasteiger partial charge in [0.15, 0.2) is 0 Å². The average Bonchev–Trinajstić information content (AvgIpc) is 1.95. The van der Waals surface area contributed by atoms with Crippen LogP contribution in [0.1, 0.15) is 6.92 Å². The molecule has 3 heteroatoms. The SMILES string of the molecule is CC[I-]c1ccc(F)cc1Cl. The first-order valence-corrected chi connectivity index (χ1v) is 6.26. The fraction of sp³-hybridized carbons (Fsp3) is 0.250. The van der Waals surface area contributed by atoms with E-state index in [1.807, 2.05) is 0 Å². The number of benzene rings is 1. The summed E-state index contributed by atoms with van der Waals surface area (Å²) < 4.78 is 14.8. The number of hydrogen-bond acceptors (Lipinski definition) is 0. The second-order valence-corrected chi connectivity index (χ2v) is 5.82. The number of rotatable bonds is 2. The first-order chi connectivity index (χ1) is 5.24. The van der Waals surface area contributed by atoms with Gasteiger partial charge in [0.1, 0.15) is 0 Å². The molecular formula is C8H8ClFI-. The van der Waals surface area contributed by atoms with Crippen molar-refractivity contribution in [3.63, 3.8) is 0 Å². The molecule has 11 heavy (non-hydrogen) atoms. The molecule has 0 saturated carbocycles. The summed E-state index contributed by atoms with van der Waals surface area (Å²) in [5, 5.41) is 0.583. The van der Waals surface area contributed by atoms with Crippen LogP contribution in [-0.2, 0) is 0 Å². The molecule has 0 saturated heterocycles. The molecule has 62 valence electrons. The van der Waals surface area contributed by atoms with Crippen molar-refractivity contribution in [1.82, 2.24) is 0 Å². The molecular weight excluding hydrogens is 277 g/mol. The van der Waals surface area contributed by atoms with E-state index in [4.69, 9.17) is 11.6 Å². The molecule has 0 nitrogen and oxygen atoms in total. The van der Waals surface area contributed by atoms with Crippen molar-refractivity contribution in [2.45, 2.75) is 6.92 Å². The van der Waals surface area contributed by atoms with E-state index in [2.05, 4.69) is 6.92 Å². The molecule has 0 atom stereocenters. The predicted octanol–water partition coefficient (Wildman–Crippen LogP) is -0.242. The first-order valence-electron chi connectivity index (χ1n) is 3.28. The van der Waals surface area contributed by atoms with Crippen molar-refractivity contribution in [2.75, 3.05) is 4.43 Å². The van der Waals surface area contributed by atoms with Gasteiger partial charge in [0.2, 0.25) is 0 Å². The quantitative estimate of drug-likeness (QED) is 0.400. The maximum absolute atomic E-state index is 12.5. The van der Waals surface area contributed by atoms with E-state index in [0.717, 1.165) is 8.00 Å². The molecule has 0 aliphatic rings. The van der Waals surface area contributed by atoms with Crippen molar-refractivity contribution in [3.05, 3.63) is 32.6 Å². The second kappa shape index (κ2) is 4.26. The van der Waals surface area contributed by atoms with Gasteiger partial charge in [-0.1, -0.05) is 0 Å². The zero-order valence-electron chi connectivity index (χ0n) is 6.07. The summed E-state index contributed by atoms with van der Waals surface area (Å²) in [6.07, 6.45) is 0. The maximum atomic E-state index is 12.5.